The van der Waals surface area contributed by atoms with Gasteiger partial charge in [0, 0.05) is 17.1 Å². The fraction of sp³-hybridized carbons (Fsp3) is 0.316. The molecule has 0 radical (unpaired) electrons. The van der Waals surface area contributed by atoms with E-state index in [1.807, 2.05) is 48.5 Å². The van der Waals surface area contributed by atoms with Crippen molar-refractivity contribution in [3.63, 3.8) is 0 Å². The van der Waals surface area contributed by atoms with Gasteiger partial charge in [-0.05, 0) is 49.2 Å². The SMILES string of the molecule is Cl.NC1(C(=O)NCc2ccc(Cl)c(-c3ccccc3)c2)CCNCC1. The lowest BCUT2D eigenvalue weighted by atomic mass is 9.88. The molecule has 1 saturated heterocycles. The average molecular weight is 380 g/mol. The van der Waals surface area contributed by atoms with Gasteiger partial charge in [0.25, 0.3) is 0 Å². The minimum absolute atomic E-state index is 0. The summed E-state index contributed by atoms with van der Waals surface area (Å²) in [5.41, 5.74) is 8.50. The molecule has 1 fully saturated rings. The number of benzene rings is 2. The number of nitrogens with two attached hydrogens (primary N) is 1. The number of amides is 1. The van der Waals surface area contributed by atoms with Crippen LogP contribution in [0, 0.1) is 0 Å². The molecule has 0 bridgehead atoms. The second-order valence-electron chi connectivity index (χ2n) is 6.27. The van der Waals surface area contributed by atoms with E-state index < -0.39 is 5.54 Å². The summed E-state index contributed by atoms with van der Waals surface area (Å²) >= 11 is 6.32. The average Bonchev–Trinajstić information content (AvgIpc) is 2.62. The van der Waals surface area contributed by atoms with Crippen LogP contribution in [-0.2, 0) is 11.3 Å². The van der Waals surface area contributed by atoms with Gasteiger partial charge >= 0.3 is 0 Å². The summed E-state index contributed by atoms with van der Waals surface area (Å²) in [6, 6.07) is 15.8. The molecule has 0 aromatic heterocycles. The molecule has 4 N–H and O–H groups in total. The van der Waals surface area contributed by atoms with Crippen LogP contribution >= 0.6 is 24.0 Å². The first kappa shape index (κ1) is 19.7. The molecule has 1 aliphatic rings. The summed E-state index contributed by atoms with van der Waals surface area (Å²) < 4.78 is 0. The Morgan fingerprint density at radius 3 is 2.52 bits per heavy atom. The van der Waals surface area contributed by atoms with Gasteiger partial charge in [-0.15, -0.1) is 12.4 Å². The van der Waals surface area contributed by atoms with Gasteiger partial charge in [0.05, 0.1) is 5.54 Å². The monoisotopic (exact) mass is 379 g/mol. The molecule has 25 heavy (non-hydrogen) atoms. The molecule has 2 aromatic carbocycles. The molecule has 3 rings (SSSR count). The molecule has 4 nitrogen and oxygen atoms in total. The predicted octanol–water partition coefficient (Wildman–Crippen LogP) is 3.13. The Morgan fingerprint density at radius 2 is 1.84 bits per heavy atom. The van der Waals surface area contributed by atoms with Crippen LogP contribution in [0.4, 0.5) is 0 Å². The van der Waals surface area contributed by atoms with Crippen molar-refractivity contribution < 1.29 is 4.79 Å². The van der Waals surface area contributed by atoms with Crippen molar-refractivity contribution >= 4 is 29.9 Å². The molecular weight excluding hydrogens is 357 g/mol. The van der Waals surface area contributed by atoms with Crippen LogP contribution in [0.3, 0.4) is 0 Å². The number of hydrogen-bond acceptors (Lipinski definition) is 3. The van der Waals surface area contributed by atoms with Crippen molar-refractivity contribution in [2.45, 2.75) is 24.9 Å². The van der Waals surface area contributed by atoms with E-state index in [9.17, 15) is 4.79 Å². The highest BCUT2D eigenvalue weighted by Gasteiger charge is 2.34. The van der Waals surface area contributed by atoms with Crippen LogP contribution in [0.5, 0.6) is 0 Å². The van der Waals surface area contributed by atoms with Crippen LogP contribution in [0.25, 0.3) is 11.1 Å². The van der Waals surface area contributed by atoms with E-state index in [1.54, 1.807) is 0 Å². The third-order valence-corrected chi connectivity index (χ3v) is 4.85. The Morgan fingerprint density at radius 1 is 1.16 bits per heavy atom. The molecule has 1 amide bonds. The molecule has 0 saturated carbocycles. The largest absolute Gasteiger partial charge is 0.350 e. The molecule has 0 unspecified atom stereocenters. The maximum atomic E-state index is 12.4. The second kappa shape index (κ2) is 8.68. The van der Waals surface area contributed by atoms with E-state index in [0.717, 1.165) is 29.8 Å². The van der Waals surface area contributed by atoms with Crippen LogP contribution in [-0.4, -0.2) is 24.5 Å². The van der Waals surface area contributed by atoms with Crippen molar-refractivity contribution in [2.24, 2.45) is 5.73 Å². The highest BCUT2D eigenvalue weighted by molar-refractivity contribution is 6.33. The third kappa shape index (κ3) is 4.73. The summed E-state index contributed by atoms with van der Waals surface area (Å²) in [5, 5.41) is 6.90. The van der Waals surface area contributed by atoms with Crippen LogP contribution in [0.15, 0.2) is 48.5 Å². The highest BCUT2D eigenvalue weighted by atomic mass is 35.5. The van der Waals surface area contributed by atoms with Gasteiger partial charge in [-0.1, -0.05) is 48.0 Å². The lowest BCUT2D eigenvalue weighted by Gasteiger charge is -2.32. The number of halogens is 2. The quantitative estimate of drug-likeness (QED) is 0.764. The number of nitrogens with one attached hydrogen (secondary N) is 2. The number of piperidine rings is 1. The molecular formula is C19H23Cl2N3O. The predicted molar refractivity (Wildman–Crippen MR) is 105 cm³/mol. The Kier molecular flexibility index (Phi) is 6.85. The summed E-state index contributed by atoms with van der Waals surface area (Å²) in [4.78, 5) is 12.4. The first-order chi connectivity index (χ1) is 11.6. The zero-order valence-corrected chi connectivity index (χ0v) is 15.5. The topological polar surface area (TPSA) is 67.2 Å². The van der Waals surface area contributed by atoms with E-state index in [1.165, 1.54) is 0 Å². The first-order valence-corrected chi connectivity index (χ1v) is 8.58. The normalized spacial score (nSPS) is 15.9. The lowest BCUT2D eigenvalue weighted by Crippen LogP contribution is -2.58. The Bertz CT molecular complexity index is 716. The smallest absolute Gasteiger partial charge is 0.240 e. The van der Waals surface area contributed by atoms with E-state index >= 15 is 0 Å². The van der Waals surface area contributed by atoms with E-state index in [0.29, 0.717) is 24.4 Å². The summed E-state index contributed by atoms with van der Waals surface area (Å²) in [5.74, 6) is -0.0831. The van der Waals surface area contributed by atoms with E-state index in [4.69, 9.17) is 17.3 Å². The van der Waals surface area contributed by atoms with Gasteiger partial charge in [-0.25, -0.2) is 0 Å². The van der Waals surface area contributed by atoms with Crippen LogP contribution < -0.4 is 16.4 Å². The molecule has 0 aliphatic carbocycles. The minimum Gasteiger partial charge on any atom is -0.350 e. The Hall–Kier alpha value is -1.59. The molecule has 0 spiro atoms. The summed E-state index contributed by atoms with van der Waals surface area (Å²) in [6.45, 7) is 2.01. The van der Waals surface area contributed by atoms with Crippen molar-refractivity contribution in [3.8, 4) is 11.1 Å². The van der Waals surface area contributed by atoms with Gasteiger partial charge in [-0.2, -0.15) is 0 Å². The standard InChI is InChI=1S/C19H22ClN3O.ClH/c20-17-7-6-14(12-16(17)15-4-2-1-3-5-15)13-23-18(24)19(21)8-10-22-11-9-19;/h1-7,12,22H,8-11,13,21H2,(H,23,24);1H. The summed E-state index contributed by atoms with van der Waals surface area (Å²) in [7, 11) is 0. The molecule has 6 heteroatoms. The zero-order chi connectivity index (χ0) is 17.0. The fourth-order valence-corrected chi connectivity index (χ4v) is 3.21. The number of rotatable bonds is 4. The minimum atomic E-state index is -0.764. The van der Waals surface area contributed by atoms with Crippen LogP contribution in [0.2, 0.25) is 5.02 Å². The molecule has 2 aromatic rings. The molecule has 0 atom stereocenters. The second-order valence-corrected chi connectivity index (χ2v) is 6.68. The zero-order valence-electron chi connectivity index (χ0n) is 13.9. The van der Waals surface area contributed by atoms with Gasteiger partial charge in [0.1, 0.15) is 0 Å². The lowest BCUT2D eigenvalue weighted by molar-refractivity contribution is -0.127. The number of carbonyl (C=O) groups is 1. The number of hydrogen-bond donors (Lipinski definition) is 3. The van der Waals surface area contributed by atoms with Gasteiger partial charge in [0.15, 0.2) is 0 Å². The van der Waals surface area contributed by atoms with Gasteiger partial charge < -0.3 is 16.4 Å². The maximum Gasteiger partial charge on any atom is 0.240 e. The van der Waals surface area contributed by atoms with E-state index in [-0.39, 0.29) is 18.3 Å². The fourth-order valence-electron chi connectivity index (χ4n) is 2.98. The van der Waals surface area contributed by atoms with Crippen molar-refractivity contribution in [1.29, 1.82) is 0 Å². The first-order valence-electron chi connectivity index (χ1n) is 8.20. The molecule has 134 valence electrons. The highest BCUT2D eigenvalue weighted by Crippen LogP contribution is 2.28. The van der Waals surface area contributed by atoms with Crippen molar-refractivity contribution in [1.82, 2.24) is 10.6 Å². The Balaban J connectivity index is 0.00000225. The Labute approximate surface area is 159 Å². The summed E-state index contributed by atoms with van der Waals surface area (Å²) in [6.07, 6.45) is 1.32. The van der Waals surface area contributed by atoms with Crippen molar-refractivity contribution in [3.05, 3.63) is 59.1 Å². The van der Waals surface area contributed by atoms with Gasteiger partial charge in [-0.3, -0.25) is 4.79 Å². The molecule has 1 heterocycles. The third-order valence-electron chi connectivity index (χ3n) is 4.52. The van der Waals surface area contributed by atoms with Gasteiger partial charge in [0.2, 0.25) is 5.91 Å². The molecule has 1 aliphatic heterocycles. The maximum absolute atomic E-state index is 12.4. The number of carbonyl (C=O) groups excluding carboxylic acids is 1. The van der Waals surface area contributed by atoms with Crippen molar-refractivity contribution in [2.75, 3.05) is 13.1 Å². The van der Waals surface area contributed by atoms with Crippen LogP contribution in [0.1, 0.15) is 18.4 Å². The van der Waals surface area contributed by atoms with E-state index in [2.05, 4.69) is 10.6 Å².